The van der Waals surface area contributed by atoms with Gasteiger partial charge in [-0.25, -0.2) is 4.98 Å². The standard InChI is InChI=1S/C21H19ClN4O5/c22-14-5-7-15(8-6-14)31-13-19-23-16-3-1-2-4-17(16)26(19)11-20(27)24-25-21(28)18-12-29-9-10-30-18/h1-8,12H,9-11,13H2,(H,24,27)(H,25,28). The molecule has 0 atom stereocenters. The van der Waals surface area contributed by atoms with Gasteiger partial charge in [0.1, 0.15) is 44.2 Å². The van der Waals surface area contributed by atoms with E-state index in [1.54, 1.807) is 28.8 Å². The van der Waals surface area contributed by atoms with Crippen molar-refractivity contribution in [2.45, 2.75) is 13.2 Å². The molecule has 0 spiro atoms. The maximum absolute atomic E-state index is 12.5. The van der Waals surface area contributed by atoms with Gasteiger partial charge in [0.2, 0.25) is 5.76 Å². The van der Waals surface area contributed by atoms with Crippen molar-refractivity contribution in [1.82, 2.24) is 20.4 Å². The fraction of sp³-hybridized carbons (Fsp3) is 0.190. The fourth-order valence-electron chi connectivity index (χ4n) is 2.95. The van der Waals surface area contributed by atoms with E-state index >= 15 is 0 Å². The zero-order chi connectivity index (χ0) is 21.6. The Morgan fingerprint density at radius 2 is 1.90 bits per heavy atom. The third-order valence-corrected chi connectivity index (χ3v) is 4.66. The second-order valence-electron chi connectivity index (χ2n) is 6.55. The Morgan fingerprint density at radius 3 is 2.68 bits per heavy atom. The van der Waals surface area contributed by atoms with E-state index in [1.165, 1.54) is 6.26 Å². The van der Waals surface area contributed by atoms with Crippen LogP contribution in [0, 0.1) is 0 Å². The summed E-state index contributed by atoms with van der Waals surface area (Å²) in [7, 11) is 0. The van der Waals surface area contributed by atoms with E-state index in [1.807, 2.05) is 24.3 Å². The summed E-state index contributed by atoms with van der Waals surface area (Å²) >= 11 is 5.90. The highest BCUT2D eigenvalue weighted by atomic mass is 35.5. The van der Waals surface area contributed by atoms with E-state index in [4.69, 9.17) is 25.8 Å². The van der Waals surface area contributed by atoms with Crippen LogP contribution >= 0.6 is 11.6 Å². The molecule has 10 heteroatoms. The highest BCUT2D eigenvalue weighted by Crippen LogP contribution is 2.20. The number of imidazole rings is 1. The van der Waals surface area contributed by atoms with Crippen LogP contribution in [0.15, 0.2) is 60.6 Å². The van der Waals surface area contributed by atoms with Crippen molar-refractivity contribution < 1.29 is 23.8 Å². The van der Waals surface area contributed by atoms with Gasteiger partial charge in [0.05, 0.1) is 11.0 Å². The van der Waals surface area contributed by atoms with Gasteiger partial charge in [0, 0.05) is 5.02 Å². The Balaban J connectivity index is 1.44. The fourth-order valence-corrected chi connectivity index (χ4v) is 3.08. The lowest BCUT2D eigenvalue weighted by molar-refractivity contribution is -0.129. The maximum atomic E-state index is 12.5. The number of fused-ring (bicyclic) bond motifs is 1. The van der Waals surface area contributed by atoms with Gasteiger partial charge in [0.15, 0.2) is 0 Å². The van der Waals surface area contributed by atoms with Gasteiger partial charge in [-0.15, -0.1) is 0 Å². The van der Waals surface area contributed by atoms with Crippen molar-refractivity contribution in [1.29, 1.82) is 0 Å². The average molecular weight is 443 g/mol. The van der Waals surface area contributed by atoms with Crippen LogP contribution < -0.4 is 15.6 Å². The molecule has 0 aliphatic carbocycles. The molecule has 2 amide bonds. The predicted molar refractivity (Wildman–Crippen MR) is 112 cm³/mol. The minimum absolute atomic E-state index is 0.00307. The second kappa shape index (κ2) is 9.40. The summed E-state index contributed by atoms with van der Waals surface area (Å²) in [5, 5.41) is 0.610. The van der Waals surface area contributed by atoms with Crippen molar-refractivity contribution in [3.05, 3.63) is 71.4 Å². The van der Waals surface area contributed by atoms with E-state index in [0.29, 0.717) is 23.2 Å². The molecule has 0 fully saturated rings. The van der Waals surface area contributed by atoms with Crippen molar-refractivity contribution in [3.63, 3.8) is 0 Å². The summed E-state index contributed by atoms with van der Waals surface area (Å²) in [6.07, 6.45) is 1.21. The van der Waals surface area contributed by atoms with Gasteiger partial charge in [-0.1, -0.05) is 23.7 Å². The molecule has 0 saturated carbocycles. The molecular weight excluding hydrogens is 424 g/mol. The van der Waals surface area contributed by atoms with Crippen LogP contribution in [0.1, 0.15) is 5.82 Å². The molecule has 2 heterocycles. The molecule has 160 valence electrons. The number of hydrazine groups is 1. The average Bonchev–Trinajstić information content (AvgIpc) is 3.15. The topological polar surface area (TPSA) is 104 Å². The van der Waals surface area contributed by atoms with Crippen LogP contribution in [0.25, 0.3) is 11.0 Å². The van der Waals surface area contributed by atoms with E-state index in [0.717, 1.165) is 11.0 Å². The molecule has 9 nitrogen and oxygen atoms in total. The highest BCUT2D eigenvalue weighted by Gasteiger charge is 2.17. The minimum atomic E-state index is -0.602. The number of para-hydroxylation sites is 2. The van der Waals surface area contributed by atoms with Crippen LogP contribution in [0.3, 0.4) is 0 Å². The number of amides is 2. The number of carbonyl (C=O) groups excluding carboxylic acids is 2. The third kappa shape index (κ3) is 5.07. The molecular formula is C21H19ClN4O5. The molecule has 1 aromatic heterocycles. The number of nitrogens with one attached hydrogen (secondary N) is 2. The van der Waals surface area contributed by atoms with Gasteiger partial charge in [-0.3, -0.25) is 20.4 Å². The largest absolute Gasteiger partial charge is 0.494 e. The summed E-state index contributed by atoms with van der Waals surface area (Å²) in [6, 6.07) is 14.4. The summed E-state index contributed by atoms with van der Waals surface area (Å²) in [5.41, 5.74) is 6.17. The van der Waals surface area contributed by atoms with Crippen molar-refractivity contribution >= 4 is 34.4 Å². The first-order valence-corrected chi connectivity index (χ1v) is 9.84. The maximum Gasteiger partial charge on any atom is 0.308 e. The number of nitrogens with zero attached hydrogens (tertiary/aromatic N) is 2. The monoisotopic (exact) mass is 442 g/mol. The molecule has 31 heavy (non-hydrogen) atoms. The van der Waals surface area contributed by atoms with E-state index in [2.05, 4.69) is 15.8 Å². The van der Waals surface area contributed by atoms with Crippen LogP contribution in [0.2, 0.25) is 5.02 Å². The van der Waals surface area contributed by atoms with Crippen molar-refractivity contribution in [2.24, 2.45) is 0 Å². The number of benzene rings is 2. The zero-order valence-electron chi connectivity index (χ0n) is 16.3. The molecule has 3 aromatic rings. The Kier molecular flexibility index (Phi) is 6.23. The Hall–Kier alpha value is -3.72. The number of ether oxygens (including phenoxy) is 3. The first-order chi connectivity index (χ1) is 15.1. The van der Waals surface area contributed by atoms with Gasteiger partial charge < -0.3 is 18.8 Å². The zero-order valence-corrected chi connectivity index (χ0v) is 17.1. The summed E-state index contributed by atoms with van der Waals surface area (Å²) < 4.78 is 17.7. The molecule has 2 aromatic carbocycles. The summed E-state index contributed by atoms with van der Waals surface area (Å²) in [6.45, 7) is 0.716. The summed E-state index contributed by atoms with van der Waals surface area (Å²) in [4.78, 5) is 29.1. The highest BCUT2D eigenvalue weighted by molar-refractivity contribution is 6.30. The van der Waals surface area contributed by atoms with Crippen LogP contribution in [-0.2, 0) is 32.2 Å². The molecule has 0 radical (unpaired) electrons. The van der Waals surface area contributed by atoms with Crippen LogP contribution in [0.5, 0.6) is 5.75 Å². The van der Waals surface area contributed by atoms with Gasteiger partial charge in [-0.2, -0.15) is 0 Å². The Bertz CT molecular complexity index is 1130. The SMILES string of the molecule is O=C(Cn1c(COc2ccc(Cl)cc2)nc2ccccc21)NNC(=O)C1=COCCO1. The first kappa shape index (κ1) is 20.5. The number of hydrogen-bond donors (Lipinski definition) is 2. The number of aromatic nitrogens is 2. The number of hydrogen-bond acceptors (Lipinski definition) is 6. The van der Waals surface area contributed by atoms with Crippen LogP contribution in [0.4, 0.5) is 0 Å². The lowest BCUT2D eigenvalue weighted by atomic mass is 10.3. The number of carbonyl (C=O) groups is 2. The molecule has 1 aliphatic rings. The van der Waals surface area contributed by atoms with Gasteiger partial charge in [0.25, 0.3) is 5.91 Å². The second-order valence-corrected chi connectivity index (χ2v) is 6.99. The lowest BCUT2D eigenvalue weighted by Gasteiger charge is -2.15. The number of halogens is 1. The number of rotatable bonds is 6. The Labute approximate surface area is 182 Å². The summed E-state index contributed by atoms with van der Waals surface area (Å²) in [5.74, 6) is 0.139. The molecule has 0 unspecified atom stereocenters. The van der Waals surface area contributed by atoms with Crippen molar-refractivity contribution in [3.8, 4) is 5.75 Å². The van der Waals surface area contributed by atoms with Gasteiger partial charge in [-0.05, 0) is 36.4 Å². The van der Waals surface area contributed by atoms with E-state index in [9.17, 15) is 9.59 Å². The van der Waals surface area contributed by atoms with Crippen molar-refractivity contribution in [2.75, 3.05) is 13.2 Å². The van der Waals surface area contributed by atoms with E-state index < -0.39 is 11.8 Å². The predicted octanol–water partition coefficient (Wildman–Crippen LogP) is 2.30. The van der Waals surface area contributed by atoms with E-state index in [-0.39, 0.29) is 25.5 Å². The lowest BCUT2D eigenvalue weighted by Crippen LogP contribution is -2.44. The minimum Gasteiger partial charge on any atom is -0.494 e. The molecule has 0 saturated heterocycles. The quantitative estimate of drug-likeness (QED) is 0.568. The molecule has 0 bridgehead atoms. The molecule has 4 rings (SSSR count). The van der Waals surface area contributed by atoms with Gasteiger partial charge >= 0.3 is 5.91 Å². The van der Waals surface area contributed by atoms with Crippen LogP contribution in [-0.4, -0.2) is 34.6 Å². The normalized spacial score (nSPS) is 13.0. The smallest absolute Gasteiger partial charge is 0.308 e. The Morgan fingerprint density at radius 1 is 1.10 bits per heavy atom. The molecule has 2 N–H and O–H groups in total. The molecule has 1 aliphatic heterocycles. The first-order valence-electron chi connectivity index (χ1n) is 9.46. The third-order valence-electron chi connectivity index (χ3n) is 4.41.